The number of nitrogen functional groups attached to an aromatic ring is 1. The van der Waals surface area contributed by atoms with E-state index in [2.05, 4.69) is 9.72 Å². The van der Waals surface area contributed by atoms with Gasteiger partial charge in [0.1, 0.15) is 5.69 Å². The van der Waals surface area contributed by atoms with Crippen LogP contribution in [0.1, 0.15) is 16.1 Å². The number of aldehydes is 1. The number of rotatable bonds is 3. The van der Waals surface area contributed by atoms with Crippen molar-refractivity contribution in [3.05, 3.63) is 17.3 Å². The molecule has 0 radical (unpaired) electrons. The number of aromatic nitrogens is 1. The van der Waals surface area contributed by atoms with Gasteiger partial charge in [0, 0.05) is 12.2 Å². The molecule has 0 unspecified atom stereocenters. The van der Waals surface area contributed by atoms with E-state index in [0.717, 1.165) is 6.07 Å². The van der Waals surface area contributed by atoms with Crippen LogP contribution in [0.4, 0.5) is 18.9 Å². The van der Waals surface area contributed by atoms with E-state index in [0.29, 0.717) is 0 Å². The summed E-state index contributed by atoms with van der Waals surface area (Å²) in [5, 5.41) is 0. The molecule has 0 saturated carbocycles. The first-order valence-electron chi connectivity index (χ1n) is 4.07. The molecule has 0 aliphatic carbocycles. The molecule has 0 fully saturated rings. The molecule has 16 heavy (non-hydrogen) atoms. The number of halogens is 3. The molecular formula is C8H8F3N3O2. The topological polar surface area (TPSA) is 91.2 Å². The van der Waals surface area contributed by atoms with Crippen LogP contribution in [-0.4, -0.2) is 17.6 Å². The summed E-state index contributed by atoms with van der Waals surface area (Å²) < 4.78 is 39.6. The summed E-state index contributed by atoms with van der Waals surface area (Å²) in [5.41, 5.74) is 10.2. The summed E-state index contributed by atoms with van der Waals surface area (Å²) in [4.78, 5) is 13.7. The van der Waals surface area contributed by atoms with E-state index in [4.69, 9.17) is 11.5 Å². The molecule has 0 aliphatic rings. The van der Waals surface area contributed by atoms with Gasteiger partial charge in [-0.25, -0.2) is 4.98 Å². The van der Waals surface area contributed by atoms with Crippen LogP contribution in [0, 0.1) is 0 Å². The van der Waals surface area contributed by atoms with Gasteiger partial charge in [-0.3, -0.25) is 4.79 Å². The van der Waals surface area contributed by atoms with Crippen LogP contribution in [0.5, 0.6) is 5.88 Å². The SMILES string of the molecule is NCc1c(N)cc(C=O)nc1OC(F)(F)F. The van der Waals surface area contributed by atoms with Gasteiger partial charge in [-0.1, -0.05) is 0 Å². The first-order valence-corrected chi connectivity index (χ1v) is 4.07. The fourth-order valence-corrected chi connectivity index (χ4v) is 1.05. The largest absolute Gasteiger partial charge is 0.574 e. The molecule has 1 heterocycles. The molecule has 1 aromatic rings. The Bertz CT molecular complexity index is 406. The van der Waals surface area contributed by atoms with E-state index < -0.39 is 12.2 Å². The summed E-state index contributed by atoms with van der Waals surface area (Å²) >= 11 is 0. The number of hydrogen-bond acceptors (Lipinski definition) is 5. The zero-order valence-electron chi connectivity index (χ0n) is 7.91. The van der Waals surface area contributed by atoms with Crippen LogP contribution >= 0.6 is 0 Å². The average molecular weight is 235 g/mol. The predicted molar refractivity (Wildman–Crippen MR) is 48.6 cm³/mol. The van der Waals surface area contributed by atoms with Crippen LogP contribution in [0.2, 0.25) is 0 Å². The van der Waals surface area contributed by atoms with Crippen molar-refractivity contribution in [1.29, 1.82) is 0 Å². The van der Waals surface area contributed by atoms with E-state index in [1.165, 1.54) is 0 Å². The van der Waals surface area contributed by atoms with Crippen molar-refractivity contribution in [2.24, 2.45) is 5.73 Å². The average Bonchev–Trinajstić information content (AvgIpc) is 2.14. The fraction of sp³-hybridized carbons (Fsp3) is 0.250. The molecule has 88 valence electrons. The number of nitrogens with two attached hydrogens (primary N) is 2. The second-order valence-electron chi connectivity index (χ2n) is 2.79. The summed E-state index contributed by atoms with van der Waals surface area (Å²) in [6.07, 6.45) is -4.65. The number of carbonyl (C=O) groups is 1. The smallest absolute Gasteiger partial charge is 0.398 e. The quantitative estimate of drug-likeness (QED) is 0.757. The minimum Gasteiger partial charge on any atom is -0.398 e. The highest BCUT2D eigenvalue weighted by Gasteiger charge is 2.33. The molecule has 0 aromatic carbocycles. The Morgan fingerprint density at radius 1 is 1.50 bits per heavy atom. The van der Waals surface area contributed by atoms with Gasteiger partial charge in [-0.05, 0) is 6.07 Å². The zero-order valence-corrected chi connectivity index (χ0v) is 7.91. The van der Waals surface area contributed by atoms with E-state index in [1.54, 1.807) is 0 Å². The fourth-order valence-electron chi connectivity index (χ4n) is 1.05. The van der Waals surface area contributed by atoms with Crippen molar-refractivity contribution in [3.8, 4) is 5.88 Å². The lowest BCUT2D eigenvalue weighted by molar-refractivity contribution is -0.276. The van der Waals surface area contributed by atoms with Crippen LogP contribution in [0.15, 0.2) is 6.07 Å². The number of nitrogens with zero attached hydrogens (tertiary/aromatic N) is 1. The molecule has 5 nitrogen and oxygen atoms in total. The Morgan fingerprint density at radius 2 is 2.12 bits per heavy atom. The lowest BCUT2D eigenvalue weighted by Crippen LogP contribution is -2.20. The maximum absolute atomic E-state index is 12.0. The first kappa shape index (κ1) is 12.2. The third-order valence-corrected chi connectivity index (χ3v) is 1.68. The standard InChI is InChI=1S/C8H8F3N3O2/c9-8(10,11)16-7-5(2-12)6(13)1-4(3-15)14-7/h1,3H,2,12H2,(H2,13,14). The number of anilines is 1. The summed E-state index contributed by atoms with van der Waals surface area (Å²) in [6.45, 7) is -0.274. The molecule has 1 rings (SSSR count). The first-order chi connectivity index (χ1) is 7.37. The van der Waals surface area contributed by atoms with Gasteiger partial charge in [-0.15, -0.1) is 13.2 Å². The van der Waals surface area contributed by atoms with E-state index in [1.807, 2.05) is 0 Å². The molecule has 1 aromatic heterocycles. The Labute approximate surface area is 88.2 Å². The third-order valence-electron chi connectivity index (χ3n) is 1.68. The van der Waals surface area contributed by atoms with Gasteiger partial charge in [0.05, 0.1) is 5.56 Å². The van der Waals surface area contributed by atoms with E-state index in [-0.39, 0.29) is 29.8 Å². The number of pyridine rings is 1. The van der Waals surface area contributed by atoms with Gasteiger partial charge in [-0.2, -0.15) is 0 Å². The van der Waals surface area contributed by atoms with Crippen molar-refractivity contribution in [3.63, 3.8) is 0 Å². The van der Waals surface area contributed by atoms with Crippen molar-refractivity contribution in [2.75, 3.05) is 5.73 Å². The molecule has 0 amide bonds. The Balaban J connectivity index is 3.23. The molecule has 0 saturated heterocycles. The Hall–Kier alpha value is -1.83. The maximum atomic E-state index is 12.0. The van der Waals surface area contributed by atoms with Gasteiger partial charge in [0.15, 0.2) is 6.29 Å². The highest BCUT2D eigenvalue weighted by Crippen LogP contribution is 2.28. The highest BCUT2D eigenvalue weighted by molar-refractivity contribution is 5.75. The number of alkyl halides is 3. The van der Waals surface area contributed by atoms with Crippen LogP contribution < -0.4 is 16.2 Å². The summed E-state index contributed by atoms with van der Waals surface area (Å²) in [6, 6.07) is 1.12. The number of carbonyl (C=O) groups excluding carboxylic acids is 1. The van der Waals surface area contributed by atoms with Crippen molar-refractivity contribution < 1.29 is 22.7 Å². The Kier molecular flexibility index (Phi) is 3.33. The molecule has 0 spiro atoms. The lowest BCUT2D eigenvalue weighted by Gasteiger charge is -2.13. The van der Waals surface area contributed by atoms with E-state index >= 15 is 0 Å². The molecule has 0 bridgehead atoms. The van der Waals surface area contributed by atoms with Crippen molar-refractivity contribution >= 4 is 12.0 Å². The summed E-state index contributed by atoms with van der Waals surface area (Å²) in [7, 11) is 0. The molecule has 8 heteroatoms. The predicted octanol–water partition coefficient (Wildman–Crippen LogP) is 0.834. The minimum absolute atomic E-state index is 0.0705. The molecular weight excluding hydrogens is 227 g/mol. The zero-order chi connectivity index (χ0) is 12.3. The maximum Gasteiger partial charge on any atom is 0.574 e. The molecule has 0 aliphatic heterocycles. The number of hydrogen-bond donors (Lipinski definition) is 2. The van der Waals surface area contributed by atoms with Gasteiger partial charge >= 0.3 is 6.36 Å². The second kappa shape index (κ2) is 4.35. The molecule has 0 atom stereocenters. The highest BCUT2D eigenvalue weighted by atomic mass is 19.4. The minimum atomic E-state index is -4.91. The summed E-state index contributed by atoms with van der Waals surface area (Å²) in [5.74, 6) is -0.794. The van der Waals surface area contributed by atoms with Gasteiger partial charge in [0.2, 0.25) is 5.88 Å². The van der Waals surface area contributed by atoms with Crippen molar-refractivity contribution in [1.82, 2.24) is 4.98 Å². The van der Waals surface area contributed by atoms with E-state index in [9.17, 15) is 18.0 Å². The second-order valence-corrected chi connectivity index (χ2v) is 2.79. The Morgan fingerprint density at radius 3 is 2.56 bits per heavy atom. The lowest BCUT2D eigenvalue weighted by atomic mass is 10.2. The van der Waals surface area contributed by atoms with Crippen molar-refractivity contribution in [2.45, 2.75) is 12.9 Å². The van der Waals surface area contributed by atoms with Crippen LogP contribution in [-0.2, 0) is 6.54 Å². The van der Waals surface area contributed by atoms with Crippen LogP contribution in [0.3, 0.4) is 0 Å². The monoisotopic (exact) mass is 235 g/mol. The van der Waals surface area contributed by atoms with Gasteiger partial charge < -0.3 is 16.2 Å². The van der Waals surface area contributed by atoms with Gasteiger partial charge in [0.25, 0.3) is 0 Å². The molecule has 4 N–H and O–H groups in total. The van der Waals surface area contributed by atoms with Crippen LogP contribution in [0.25, 0.3) is 0 Å². The normalized spacial score (nSPS) is 11.2. The number of ether oxygens (including phenoxy) is 1. The third kappa shape index (κ3) is 2.83.